The molecule has 30 heavy (non-hydrogen) atoms. The third kappa shape index (κ3) is 5.54. The van der Waals surface area contributed by atoms with Crippen LogP contribution in [-0.4, -0.2) is 43.2 Å². The van der Waals surface area contributed by atoms with E-state index in [2.05, 4.69) is 64.3 Å². The van der Waals surface area contributed by atoms with Crippen LogP contribution in [0.1, 0.15) is 41.3 Å². The van der Waals surface area contributed by atoms with E-state index < -0.39 is 0 Å². The summed E-state index contributed by atoms with van der Waals surface area (Å²) in [5.74, 6) is 0.780. The van der Waals surface area contributed by atoms with Gasteiger partial charge in [-0.1, -0.05) is 42.0 Å². The molecule has 0 amide bonds. The molecule has 0 radical (unpaired) electrons. The number of piperazine rings is 1. The van der Waals surface area contributed by atoms with Gasteiger partial charge in [-0.15, -0.1) is 11.3 Å². The van der Waals surface area contributed by atoms with Crippen molar-refractivity contribution in [2.75, 3.05) is 26.2 Å². The van der Waals surface area contributed by atoms with Crippen LogP contribution in [0.2, 0.25) is 5.02 Å². The van der Waals surface area contributed by atoms with Crippen molar-refractivity contribution >= 4 is 29.0 Å². The molecule has 162 valence electrons. The molecule has 3 unspecified atom stereocenters. The van der Waals surface area contributed by atoms with Crippen LogP contribution < -0.4 is 10.6 Å². The molecule has 2 heterocycles. The summed E-state index contributed by atoms with van der Waals surface area (Å²) in [5, 5.41) is 10.6. The molecule has 3 nitrogen and oxygen atoms in total. The summed E-state index contributed by atoms with van der Waals surface area (Å²) < 4.78 is 0. The molecule has 3 atom stereocenters. The van der Waals surface area contributed by atoms with E-state index in [-0.39, 0.29) is 0 Å². The fourth-order valence-electron chi connectivity index (χ4n) is 4.66. The van der Waals surface area contributed by atoms with Crippen molar-refractivity contribution in [3.8, 4) is 0 Å². The van der Waals surface area contributed by atoms with Gasteiger partial charge >= 0.3 is 0 Å². The van der Waals surface area contributed by atoms with E-state index in [0.29, 0.717) is 12.1 Å². The van der Waals surface area contributed by atoms with Crippen molar-refractivity contribution in [2.24, 2.45) is 5.92 Å². The Morgan fingerprint density at radius 1 is 1.33 bits per heavy atom. The van der Waals surface area contributed by atoms with Crippen molar-refractivity contribution in [3.63, 3.8) is 0 Å². The smallest absolute Gasteiger partial charge is 0.0512 e. The topological polar surface area (TPSA) is 27.3 Å². The summed E-state index contributed by atoms with van der Waals surface area (Å²) >= 11 is 8.53. The summed E-state index contributed by atoms with van der Waals surface area (Å²) in [7, 11) is 0. The van der Waals surface area contributed by atoms with Crippen LogP contribution in [0.15, 0.2) is 35.7 Å². The fraction of sp³-hybridized carbons (Fsp3) is 0.520. The van der Waals surface area contributed by atoms with Gasteiger partial charge in [0.05, 0.1) is 5.02 Å². The normalized spacial score (nSPS) is 24.6. The highest BCUT2D eigenvalue weighted by molar-refractivity contribution is 7.09. The van der Waals surface area contributed by atoms with E-state index >= 15 is 0 Å². The number of nitrogens with zero attached hydrogens (tertiary/aromatic N) is 1. The highest BCUT2D eigenvalue weighted by atomic mass is 35.5. The molecule has 0 bridgehead atoms. The van der Waals surface area contributed by atoms with Crippen LogP contribution in [0.25, 0.3) is 6.08 Å². The van der Waals surface area contributed by atoms with Gasteiger partial charge in [-0.2, -0.15) is 0 Å². The first-order valence-corrected chi connectivity index (χ1v) is 12.5. The Balaban J connectivity index is 1.22. The van der Waals surface area contributed by atoms with Crippen LogP contribution >= 0.6 is 22.9 Å². The third-order valence-corrected chi connectivity index (χ3v) is 7.82. The summed E-state index contributed by atoms with van der Waals surface area (Å²) in [6, 6.07) is 10.1. The number of allylic oxidation sites excluding steroid dienone is 1. The molecule has 1 aromatic carbocycles. The van der Waals surface area contributed by atoms with Crippen molar-refractivity contribution in [1.82, 2.24) is 15.5 Å². The average Bonchev–Trinajstić information content (AvgIpc) is 3.35. The van der Waals surface area contributed by atoms with Gasteiger partial charge in [0.15, 0.2) is 0 Å². The first kappa shape index (κ1) is 22.0. The lowest BCUT2D eigenvalue weighted by Crippen LogP contribution is -2.52. The van der Waals surface area contributed by atoms with Gasteiger partial charge in [0.25, 0.3) is 0 Å². The number of thiophene rings is 1. The van der Waals surface area contributed by atoms with E-state index in [9.17, 15) is 0 Å². The van der Waals surface area contributed by atoms with Crippen molar-refractivity contribution in [3.05, 3.63) is 62.3 Å². The minimum Gasteiger partial charge on any atom is -0.311 e. The molecule has 2 aliphatic rings. The molecule has 0 spiro atoms. The van der Waals surface area contributed by atoms with Gasteiger partial charge in [-0.3, -0.25) is 0 Å². The number of hydrogen-bond acceptors (Lipinski definition) is 4. The highest BCUT2D eigenvalue weighted by Gasteiger charge is 2.43. The number of benzene rings is 1. The summed E-state index contributed by atoms with van der Waals surface area (Å²) in [5.41, 5.74) is 3.70. The quantitative estimate of drug-likeness (QED) is 0.562. The van der Waals surface area contributed by atoms with Gasteiger partial charge in [0.2, 0.25) is 0 Å². The zero-order chi connectivity index (χ0) is 20.9. The maximum atomic E-state index is 6.69. The van der Waals surface area contributed by atoms with Gasteiger partial charge in [0.1, 0.15) is 0 Å². The zero-order valence-electron chi connectivity index (χ0n) is 18.2. The molecule has 2 N–H and O–H groups in total. The Labute approximate surface area is 190 Å². The molecule has 5 heteroatoms. The van der Waals surface area contributed by atoms with Crippen molar-refractivity contribution < 1.29 is 0 Å². The summed E-state index contributed by atoms with van der Waals surface area (Å²) in [4.78, 5) is 4.08. The number of nitrogens with one attached hydrogen (secondary N) is 2. The lowest BCUT2D eigenvalue weighted by Gasteiger charge is -2.34. The molecule has 2 fully saturated rings. The van der Waals surface area contributed by atoms with Crippen LogP contribution in [0.3, 0.4) is 0 Å². The lowest BCUT2D eigenvalue weighted by molar-refractivity contribution is 0.185. The molecule has 1 aliphatic heterocycles. The first-order valence-electron chi connectivity index (χ1n) is 11.3. The second-order valence-corrected chi connectivity index (χ2v) is 10.1. The van der Waals surface area contributed by atoms with Crippen LogP contribution in [0, 0.1) is 12.8 Å². The highest BCUT2D eigenvalue weighted by Crippen LogP contribution is 2.35. The molecule has 2 aromatic rings. The fourth-order valence-corrected chi connectivity index (χ4v) is 5.69. The summed E-state index contributed by atoms with van der Waals surface area (Å²) in [6.07, 6.45) is 7.71. The summed E-state index contributed by atoms with van der Waals surface area (Å²) in [6.45, 7) is 9.78. The number of aryl methyl sites for hydroxylation is 2. The van der Waals surface area contributed by atoms with Crippen LogP contribution in [-0.2, 0) is 13.0 Å². The predicted molar refractivity (Wildman–Crippen MR) is 131 cm³/mol. The minimum absolute atomic E-state index is 0.629. The predicted octanol–water partition coefficient (Wildman–Crippen LogP) is 5.13. The van der Waals surface area contributed by atoms with E-state index in [1.165, 1.54) is 34.5 Å². The number of rotatable bonds is 9. The second-order valence-electron chi connectivity index (χ2n) is 8.70. The van der Waals surface area contributed by atoms with Gasteiger partial charge in [0, 0.05) is 43.1 Å². The van der Waals surface area contributed by atoms with Crippen molar-refractivity contribution in [2.45, 2.75) is 51.7 Å². The largest absolute Gasteiger partial charge is 0.311 e. The van der Waals surface area contributed by atoms with Gasteiger partial charge in [-0.05, 0) is 73.7 Å². The maximum absolute atomic E-state index is 6.69. The second kappa shape index (κ2) is 10.4. The Kier molecular flexibility index (Phi) is 7.66. The molecule has 1 saturated heterocycles. The van der Waals surface area contributed by atoms with E-state index in [0.717, 1.165) is 50.0 Å². The molecule has 1 aromatic heterocycles. The van der Waals surface area contributed by atoms with E-state index in [1.807, 2.05) is 18.3 Å². The van der Waals surface area contributed by atoms with E-state index in [1.54, 1.807) is 0 Å². The molecule has 1 saturated carbocycles. The Hall–Kier alpha value is -1.17. The van der Waals surface area contributed by atoms with Gasteiger partial charge < -0.3 is 15.5 Å². The first-order chi connectivity index (χ1) is 14.7. The molecule has 1 aliphatic carbocycles. The van der Waals surface area contributed by atoms with Gasteiger partial charge in [-0.25, -0.2) is 0 Å². The maximum Gasteiger partial charge on any atom is 0.0512 e. The van der Waals surface area contributed by atoms with Crippen LogP contribution in [0.4, 0.5) is 0 Å². The number of halogens is 1. The Morgan fingerprint density at radius 2 is 2.23 bits per heavy atom. The SMILES string of the molecule is C/C=C\c1c(C)ccc(CCCN2CCNC(C3CC3NCc3cccs3)C2)c1Cl. The number of hydrogen-bond donors (Lipinski definition) is 2. The van der Waals surface area contributed by atoms with Crippen LogP contribution in [0.5, 0.6) is 0 Å². The third-order valence-electron chi connectivity index (χ3n) is 6.50. The Morgan fingerprint density at radius 3 is 3.03 bits per heavy atom. The zero-order valence-corrected chi connectivity index (χ0v) is 19.7. The lowest BCUT2D eigenvalue weighted by atomic mass is 10.0. The average molecular weight is 444 g/mol. The Bertz CT molecular complexity index is 848. The molecular weight excluding hydrogens is 410 g/mol. The minimum atomic E-state index is 0.629. The van der Waals surface area contributed by atoms with Crippen molar-refractivity contribution in [1.29, 1.82) is 0 Å². The molecule has 4 rings (SSSR count). The standard InChI is InChI=1S/C25H34ClN3S/c1-3-6-21-18(2)9-10-19(25(21)26)7-4-12-29-13-11-27-24(17-29)22-15-23(22)28-16-20-8-5-14-30-20/h3,5-6,8-10,14,22-24,27-28H,4,7,11-13,15-17H2,1-2H3/b6-3-. The van der Waals surface area contributed by atoms with E-state index in [4.69, 9.17) is 11.6 Å². The monoisotopic (exact) mass is 443 g/mol. The molecular formula is C25H34ClN3S.